The molecule has 0 saturated heterocycles. The first-order valence-electron chi connectivity index (χ1n) is 9.42. The van der Waals surface area contributed by atoms with Gasteiger partial charge in [0.2, 0.25) is 11.0 Å². The molecule has 5 nitrogen and oxygen atoms in total. The van der Waals surface area contributed by atoms with Crippen LogP contribution in [0.1, 0.15) is 11.8 Å². The molecule has 7 heteroatoms. The van der Waals surface area contributed by atoms with Crippen LogP contribution in [0.2, 0.25) is 0 Å². The number of halogens is 1. The van der Waals surface area contributed by atoms with Gasteiger partial charge in [0.05, 0.1) is 0 Å². The van der Waals surface area contributed by atoms with Crippen LogP contribution in [-0.4, -0.2) is 20.9 Å². The number of benzene rings is 3. The molecule has 4 aromatic rings. The number of hydrogen-bond acceptors (Lipinski definition) is 6. The van der Waals surface area contributed by atoms with Crippen molar-refractivity contribution in [2.75, 3.05) is 11.1 Å². The Morgan fingerprint density at radius 2 is 1.97 bits per heavy atom. The lowest BCUT2D eigenvalue weighted by Gasteiger charge is -2.21. The molecular weight excluding hydrogens is 460 g/mol. The predicted octanol–water partition coefficient (Wildman–Crippen LogP) is 6.24. The minimum absolute atomic E-state index is 0.425. The van der Waals surface area contributed by atoms with Gasteiger partial charge >= 0.3 is 0 Å². The summed E-state index contributed by atoms with van der Waals surface area (Å²) in [6, 6.07) is 20.5. The summed E-state index contributed by atoms with van der Waals surface area (Å²) < 4.78 is 7.36. The summed E-state index contributed by atoms with van der Waals surface area (Å²) >= 11 is 5.03. The van der Waals surface area contributed by atoms with Gasteiger partial charge in [-0.3, -0.25) is 0 Å². The van der Waals surface area contributed by atoms with Crippen molar-refractivity contribution in [3.8, 4) is 17.1 Å². The van der Waals surface area contributed by atoms with Gasteiger partial charge in [-0.1, -0.05) is 76.2 Å². The van der Waals surface area contributed by atoms with Gasteiger partial charge < -0.3 is 10.1 Å². The number of hydrogen-bond donors (Lipinski definition) is 1. The van der Waals surface area contributed by atoms with Gasteiger partial charge in [-0.25, -0.2) is 0 Å². The highest BCUT2D eigenvalue weighted by atomic mass is 79.9. The Balaban J connectivity index is 1.67. The standard InChI is InChI=1S/C23H17BrN4OS/c1-2-12-30-23-26-22-20(27-28-23)18-13-15(24)10-11-19(18)25-21(29-22)17-9-5-7-14-6-3-4-8-16(14)17/h2-11,13,21,25H,1,12H2. The Kier molecular flexibility index (Phi) is 5.14. The Morgan fingerprint density at radius 3 is 2.87 bits per heavy atom. The maximum atomic E-state index is 6.41. The molecule has 148 valence electrons. The number of ether oxygens (including phenoxy) is 1. The summed E-state index contributed by atoms with van der Waals surface area (Å²) in [7, 11) is 0. The smallest absolute Gasteiger partial charge is 0.247 e. The van der Waals surface area contributed by atoms with E-state index in [0.29, 0.717) is 22.5 Å². The van der Waals surface area contributed by atoms with Crippen LogP contribution in [0.15, 0.2) is 82.9 Å². The van der Waals surface area contributed by atoms with E-state index < -0.39 is 6.23 Å². The normalized spacial score (nSPS) is 14.8. The Hall–Kier alpha value is -2.90. The van der Waals surface area contributed by atoms with Crippen LogP contribution in [0, 0.1) is 0 Å². The van der Waals surface area contributed by atoms with E-state index in [1.807, 2.05) is 42.5 Å². The number of nitrogens with one attached hydrogen (secondary N) is 1. The molecular formula is C23H17BrN4OS. The van der Waals surface area contributed by atoms with E-state index in [0.717, 1.165) is 32.1 Å². The van der Waals surface area contributed by atoms with E-state index in [4.69, 9.17) is 4.74 Å². The number of thioether (sulfide) groups is 1. The largest absolute Gasteiger partial charge is 0.448 e. The molecule has 1 unspecified atom stereocenters. The average Bonchev–Trinajstić information content (AvgIpc) is 2.93. The van der Waals surface area contributed by atoms with Crippen molar-refractivity contribution in [3.63, 3.8) is 0 Å². The second-order valence-electron chi connectivity index (χ2n) is 6.75. The van der Waals surface area contributed by atoms with Crippen LogP contribution < -0.4 is 10.1 Å². The Morgan fingerprint density at radius 1 is 1.10 bits per heavy atom. The summed E-state index contributed by atoms with van der Waals surface area (Å²) in [5.74, 6) is 1.16. The zero-order chi connectivity index (χ0) is 20.5. The van der Waals surface area contributed by atoms with E-state index in [1.165, 1.54) is 11.8 Å². The summed E-state index contributed by atoms with van der Waals surface area (Å²) in [4.78, 5) is 4.66. The van der Waals surface area contributed by atoms with Crippen molar-refractivity contribution >= 4 is 44.2 Å². The summed E-state index contributed by atoms with van der Waals surface area (Å²) in [6.45, 7) is 3.76. The van der Waals surface area contributed by atoms with Gasteiger partial charge in [-0.05, 0) is 29.0 Å². The maximum absolute atomic E-state index is 6.41. The molecule has 1 aliphatic rings. The first-order chi connectivity index (χ1) is 14.7. The quantitative estimate of drug-likeness (QED) is 0.278. The number of fused-ring (bicyclic) bond motifs is 4. The van der Waals surface area contributed by atoms with Gasteiger partial charge in [0.25, 0.3) is 0 Å². The minimum Gasteiger partial charge on any atom is -0.448 e. The SMILES string of the molecule is C=CCSc1nnc2c(n1)OC(c1cccc3ccccc13)Nc1ccc(Br)cc1-2. The number of anilines is 1. The van der Waals surface area contributed by atoms with Crippen molar-refractivity contribution in [2.45, 2.75) is 11.4 Å². The molecule has 0 bridgehead atoms. The van der Waals surface area contributed by atoms with Gasteiger partial charge in [0.15, 0.2) is 11.9 Å². The fourth-order valence-electron chi connectivity index (χ4n) is 3.48. The van der Waals surface area contributed by atoms with Crippen LogP contribution in [-0.2, 0) is 0 Å². The van der Waals surface area contributed by atoms with Crippen molar-refractivity contribution in [3.05, 3.63) is 83.4 Å². The molecule has 1 atom stereocenters. The molecule has 3 aromatic carbocycles. The predicted molar refractivity (Wildman–Crippen MR) is 125 cm³/mol. The Labute approximate surface area is 186 Å². The molecule has 1 aromatic heterocycles. The molecule has 5 rings (SSSR count). The number of rotatable bonds is 4. The van der Waals surface area contributed by atoms with Crippen LogP contribution in [0.3, 0.4) is 0 Å². The van der Waals surface area contributed by atoms with Crippen molar-refractivity contribution in [1.82, 2.24) is 15.2 Å². The average molecular weight is 477 g/mol. The minimum atomic E-state index is -0.425. The highest BCUT2D eigenvalue weighted by Crippen LogP contribution is 2.41. The molecule has 1 aliphatic heterocycles. The van der Waals surface area contributed by atoms with Crippen LogP contribution >= 0.6 is 27.7 Å². The molecule has 0 radical (unpaired) electrons. The van der Waals surface area contributed by atoms with Crippen molar-refractivity contribution in [2.24, 2.45) is 0 Å². The third-order valence-electron chi connectivity index (χ3n) is 4.82. The zero-order valence-corrected chi connectivity index (χ0v) is 18.3. The highest BCUT2D eigenvalue weighted by molar-refractivity contribution is 9.10. The molecule has 0 fully saturated rings. The highest BCUT2D eigenvalue weighted by Gasteiger charge is 2.27. The van der Waals surface area contributed by atoms with E-state index in [-0.39, 0.29) is 0 Å². The topological polar surface area (TPSA) is 59.9 Å². The fourth-order valence-corrected chi connectivity index (χ4v) is 4.36. The molecule has 0 amide bonds. The second kappa shape index (κ2) is 8.08. The lowest BCUT2D eigenvalue weighted by Crippen LogP contribution is -2.17. The number of aromatic nitrogens is 3. The third-order valence-corrected chi connectivity index (χ3v) is 6.15. The number of nitrogens with zero attached hydrogens (tertiary/aromatic N) is 3. The summed E-state index contributed by atoms with van der Waals surface area (Å²) in [5, 5.41) is 15.1. The van der Waals surface area contributed by atoms with Gasteiger partial charge in [-0.15, -0.1) is 16.8 Å². The lowest BCUT2D eigenvalue weighted by molar-refractivity contribution is 0.226. The fraction of sp³-hybridized carbons (Fsp3) is 0.0870. The Bertz CT molecular complexity index is 1260. The second-order valence-corrected chi connectivity index (χ2v) is 8.65. The van der Waals surface area contributed by atoms with Crippen molar-refractivity contribution < 1.29 is 4.74 Å². The van der Waals surface area contributed by atoms with Crippen LogP contribution in [0.25, 0.3) is 22.0 Å². The molecule has 0 saturated carbocycles. The third kappa shape index (κ3) is 3.55. The van der Waals surface area contributed by atoms with E-state index in [9.17, 15) is 0 Å². The van der Waals surface area contributed by atoms with Gasteiger partial charge in [-0.2, -0.15) is 4.98 Å². The monoisotopic (exact) mass is 476 g/mol. The molecule has 2 heterocycles. The molecule has 1 N–H and O–H groups in total. The van der Waals surface area contributed by atoms with E-state index in [2.05, 4.69) is 67.3 Å². The first-order valence-corrected chi connectivity index (χ1v) is 11.2. The zero-order valence-electron chi connectivity index (χ0n) is 15.9. The van der Waals surface area contributed by atoms with Crippen LogP contribution in [0.5, 0.6) is 5.88 Å². The molecule has 0 aliphatic carbocycles. The van der Waals surface area contributed by atoms with Gasteiger partial charge in [0.1, 0.15) is 0 Å². The van der Waals surface area contributed by atoms with Crippen LogP contribution in [0.4, 0.5) is 5.69 Å². The lowest BCUT2D eigenvalue weighted by atomic mass is 10.0. The molecule has 30 heavy (non-hydrogen) atoms. The van der Waals surface area contributed by atoms with E-state index in [1.54, 1.807) is 0 Å². The summed E-state index contributed by atoms with van der Waals surface area (Å²) in [6.07, 6.45) is 1.39. The van der Waals surface area contributed by atoms with Gasteiger partial charge in [0, 0.05) is 27.0 Å². The first kappa shape index (κ1) is 19.1. The summed E-state index contributed by atoms with van der Waals surface area (Å²) in [5.41, 5.74) is 3.46. The molecule has 0 spiro atoms. The maximum Gasteiger partial charge on any atom is 0.247 e. The van der Waals surface area contributed by atoms with E-state index >= 15 is 0 Å². The van der Waals surface area contributed by atoms with Crippen molar-refractivity contribution in [1.29, 1.82) is 0 Å².